The van der Waals surface area contributed by atoms with Crippen LogP contribution in [0, 0.1) is 0 Å². The van der Waals surface area contributed by atoms with Crippen molar-refractivity contribution < 1.29 is 0 Å². The Morgan fingerprint density at radius 1 is 1.17 bits per heavy atom. The van der Waals surface area contributed by atoms with E-state index in [0.29, 0.717) is 6.04 Å². The molecule has 0 aliphatic carbocycles. The number of thiophene rings is 1. The van der Waals surface area contributed by atoms with E-state index in [1.165, 1.54) is 16.1 Å². The number of benzene rings is 1. The molecule has 1 unspecified atom stereocenters. The molecule has 18 heavy (non-hydrogen) atoms. The van der Waals surface area contributed by atoms with E-state index in [1.807, 2.05) is 17.4 Å². The summed E-state index contributed by atoms with van der Waals surface area (Å²) in [6.45, 7) is 4.29. The molecule has 0 saturated heterocycles. The maximum Gasteiger partial charge on any atom is 0.0641 e. The van der Waals surface area contributed by atoms with E-state index in [2.05, 4.69) is 67.0 Å². The average Bonchev–Trinajstić information content (AvgIpc) is 2.89. The van der Waals surface area contributed by atoms with Gasteiger partial charge in [0, 0.05) is 10.6 Å². The Balaban J connectivity index is 2.13. The summed E-state index contributed by atoms with van der Waals surface area (Å²) in [6.07, 6.45) is 3.32. The lowest BCUT2D eigenvalue weighted by Gasteiger charge is -2.17. The van der Waals surface area contributed by atoms with Gasteiger partial charge in [0.15, 0.2) is 0 Å². The second-order valence-corrected chi connectivity index (χ2v) is 5.57. The summed E-state index contributed by atoms with van der Waals surface area (Å²) >= 11 is 1.81. The maximum absolute atomic E-state index is 3.60. The van der Waals surface area contributed by atoms with Crippen LogP contribution in [-0.2, 0) is 0 Å². The Kier molecular flexibility index (Phi) is 4.59. The second kappa shape index (κ2) is 6.41. The van der Waals surface area contributed by atoms with Gasteiger partial charge in [-0.1, -0.05) is 35.9 Å². The molecule has 0 aliphatic heterocycles. The minimum Gasteiger partial charge on any atom is -0.377 e. The van der Waals surface area contributed by atoms with Crippen LogP contribution in [0.3, 0.4) is 0 Å². The van der Waals surface area contributed by atoms with Crippen LogP contribution in [0.5, 0.6) is 0 Å². The third-order valence-corrected chi connectivity index (χ3v) is 3.75. The zero-order valence-electron chi connectivity index (χ0n) is 10.9. The predicted octanol–water partition coefficient (Wildman–Crippen LogP) is 5.26. The first-order valence-electron chi connectivity index (χ1n) is 6.24. The maximum atomic E-state index is 3.60. The molecule has 0 spiro atoms. The summed E-state index contributed by atoms with van der Waals surface area (Å²) in [4.78, 5) is 1.39. The zero-order chi connectivity index (χ0) is 12.8. The Bertz CT molecular complexity index is 481. The summed E-state index contributed by atoms with van der Waals surface area (Å²) in [6, 6.07) is 15.1. The minimum atomic E-state index is 0.363. The minimum absolute atomic E-state index is 0.363. The van der Waals surface area contributed by atoms with Crippen LogP contribution in [0.25, 0.3) is 0 Å². The molecule has 0 radical (unpaired) electrons. The Morgan fingerprint density at radius 3 is 2.56 bits per heavy atom. The fourth-order valence-electron chi connectivity index (χ4n) is 1.82. The largest absolute Gasteiger partial charge is 0.377 e. The van der Waals surface area contributed by atoms with Gasteiger partial charge in [-0.15, -0.1) is 11.3 Å². The topological polar surface area (TPSA) is 12.0 Å². The highest BCUT2D eigenvalue weighted by molar-refractivity contribution is 7.10. The van der Waals surface area contributed by atoms with Gasteiger partial charge in [0.2, 0.25) is 0 Å². The van der Waals surface area contributed by atoms with Crippen molar-refractivity contribution in [3.63, 3.8) is 0 Å². The van der Waals surface area contributed by atoms with Crippen molar-refractivity contribution in [2.75, 3.05) is 5.32 Å². The molecule has 2 aromatic rings. The number of hydrogen-bond acceptors (Lipinski definition) is 2. The highest BCUT2D eigenvalue weighted by Gasteiger charge is 2.10. The first kappa shape index (κ1) is 12.9. The van der Waals surface area contributed by atoms with E-state index in [0.717, 1.165) is 6.42 Å². The highest BCUT2D eigenvalue weighted by Crippen LogP contribution is 2.27. The lowest BCUT2D eigenvalue weighted by molar-refractivity contribution is 0.810. The first-order valence-corrected chi connectivity index (χ1v) is 7.12. The summed E-state index contributed by atoms with van der Waals surface area (Å²) in [7, 11) is 0. The molecule has 1 aromatic heterocycles. The summed E-state index contributed by atoms with van der Waals surface area (Å²) in [5.74, 6) is 0. The smallest absolute Gasteiger partial charge is 0.0641 e. The molecule has 2 rings (SSSR count). The van der Waals surface area contributed by atoms with Crippen molar-refractivity contribution in [1.29, 1.82) is 0 Å². The Morgan fingerprint density at radius 2 is 1.94 bits per heavy atom. The quantitative estimate of drug-likeness (QED) is 0.721. The molecular formula is C16H19NS. The number of rotatable bonds is 5. The molecule has 2 heteroatoms. The standard InChI is InChI=1S/C16H19NS/c1-13(2)10-11-15(16-9-6-12-18-16)17-14-7-4-3-5-8-14/h3-10,12,15,17H,11H2,1-2H3. The van der Waals surface area contributed by atoms with Crippen LogP contribution in [-0.4, -0.2) is 0 Å². The van der Waals surface area contributed by atoms with Crippen LogP contribution in [0.4, 0.5) is 5.69 Å². The average molecular weight is 257 g/mol. The number of anilines is 1. The molecule has 0 saturated carbocycles. The van der Waals surface area contributed by atoms with Gasteiger partial charge in [-0.3, -0.25) is 0 Å². The fraction of sp³-hybridized carbons (Fsp3) is 0.250. The van der Waals surface area contributed by atoms with Crippen LogP contribution in [0.15, 0.2) is 59.5 Å². The van der Waals surface area contributed by atoms with Gasteiger partial charge in [0.05, 0.1) is 6.04 Å². The van der Waals surface area contributed by atoms with E-state index in [4.69, 9.17) is 0 Å². The van der Waals surface area contributed by atoms with E-state index >= 15 is 0 Å². The Hall–Kier alpha value is -1.54. The number of nitrogens with one attached hydrogen (secondary N) is 1. The first-order chi connectivity index (χ1) is 8.75. The number of para-hydroxylation sites is 1. The fourth-order valence-corrected chi connectivity index (χ4v) is 2.62. The Labute approximate surface area is 113 Å². The SMILES string of the molecule is CC(C)=CCC(Nc1ccccc1)c1cccs1. The summed E-state index contributed by atoms with van der Waals surface area (Å²) in [5, 5.41) is 5.74. The van der Waals surface area contributed by atoms with Gasteiger partial charge >= 0.3 is 0 Å². The third-order valence-electron chi connectivity index (χ3n) is 2.76. The van der Waals surface area contributed by atoms with Crippen molar-refractivity contribution >= 4 is 17.0 Å². The molecule has 1 atom stereocenters. The van der Waals surface area contributed by atoms with Gasteiger partial charge in [-0.05, 0) is 43.8 Å². The highest BCUT2D eigenvalue weighted by atomic mass is 32.1. The van der Waals surface area contributed by atoms with Crippen molar-refractivity contribution in [3.8, 4) is 0 Å². The van der Waals surface area contributed by atoms with E-state index < -0.39 is 0 Å². The van der Waals surface area contributed by atoms with Gasteiger partial charge in [-0.2, -0.15) is 0 Å². The van der Waals surface area contributed by atoms with Crippen molar-refractivity contribution in [1.82, 2.24) is 0 Å². The van der Waals surface area contributed by atoms with Crippen molar-refractivity contribution in [2.45, 2.75) is 26.3 Å². The second-order valence-electron chi connectivity index (χ2n) is 4.60. The van der Waals surface area contributed by atoms with Gasteiger partial charge < -0.3 is 5.32 Å². The third kappa shape index (κ3) is 3.74. The lowest BCUT2D eigenvalue weighted by atomic mass is 10.1. The summed E-state index contributed by atoms with van der Waals surface area (Å²) in [5.41, 5.74) is 2.55. The lowest BCUT2D eigenvalue weighted by Crippen LogP contribution is -2.08. The normalized spacial score (nSPS) is 11.9. The predicted molar refractivity (Wildman–Crippen MR) is 81.2 cm³/mol. The van der Waals surface area contributed by atoms with E-state index in [1.54, 1.807) is 0 Å². The van der Waals surface area contributed by atoms with Gasteiger partial charge in [0.1, 0.15) is 0 Å². The van der Waals surface area contributed by atoms with Crippen molar-refractivity contribution in [3.05, 3.63) is 64.4 Å². The molecular weight excluding hydrogens is 238 g/mol. The molecule has 1 nitrogen and oxygen atoms in total. The van der Waals surface area contributed by atoms with Gasteiger partial charge in [0.25, 0.3) is 0 Å². The number of allylic oxidation sites excluding steroid dienone is 1. The zero-order valence-corrected chi connectivity index (χ0v) is 11.7. The molecule has 1 aromatic carbocycles. The van der Waals surface area contributed by atoms with E-state index in [-0.39, 0.29) is 0 Å². The van der Waals surface area contributed by atoms with Crippen molar-refractivity contribution in [2.24, 2.45) is 0 Å². The van der Waals surface area contributed by atoms with E-state index in [9.17, 15) is 0 Å². The van der Waals surface area contributed by atoms with Crippen LogP contribution in [0.1, 0.15) is 31.2 Å². The molecule has 1 N–H and O–H groups in total. The molecule has 0 amide bonds. The molecule has 0 fully saturated rings. The van der Waals surface area contributed by atoms with Crippen LogP contribution < -0.4 is 5.32 Å². The molecule has 94 valence electrons. The monoisotopic (exact) mass is 257 g/mol. The van der Waals surface area contributed by atoms with Gasteiger partial charge in [-0.25, -0.2) is 0 Å². The molecule has 0 aliphatic rings. The van der Waals surface area contributed by atoms with Crippen LogP contribution in [0.2, 0.25) is 0 Å². The summed E-state index contributed by atoms with van der Waals surface area (Å²) < 4.78 is 0. The molecule has 1 heterocycles. The number of hydrogen-bond donors (Lipinski definition) is 1. The van der Waals surface area contributed by atoms with Crippen LogP contribution >= 0.6 is 11.3 Å². The molecule has 0 bridgehead atoms.